The van der Waals surface area contributed by atoms with Crippen LogP contribution >= 0.6 is 0 Å². The zero-order chi connectivity index (χ0) is 25.5. The summed E-state index contributed by atoms with van der Waals surface area (Å²) in [6.07, 6.45) is 8.24. The summed E-state index contributed by atoms with van der Waals surface area (Å²) >= 11 is 0. The van der Waals surface area contributed by atoms with Gasteiger partial charge in [0.05, 0.1) is 29.4 Å². The lowest BCUT2D eigenvalue weighted by atomic mass is 9.91. The molecule has 1 saturated heterocycles. The van der Waals surface area contributed by atoms with Crippen molar-refractivity contribution in [1.29, 1.82) is 5.26 Å². The molecule has 0 radical (unpaired) electrons. The number of benzene rings is 2. The molecular formula is C30H31N5O2. The Bertz CT molecular complexity index is 1420. The van der Waals surface area contributed by atoms with Gasteiger partial charge in [-0.1, -0.05) is 18.7 Å². The molecule has 7 heteroatoms. The summed E-state index contributed by atoms with van der Waals surface area (Å²) in [5, 5.41) is 20.5. The van der Waals surface area contributed by atoms with Crippen molar-refractivity contribution in [3.63, 3.8) is 0 Å². The van der Waals surface area contributed by atoms with Crippen LogP contribution in [0.25, 0.3) is 28.1 Å². The molecule has 3 fully saturated rings. The van der Waals surface area contributed by atoms with Gasteiger partial charge in [-0.25, -0.2) is 9.97 Å². The first kappa shape index (κ1) is 23.6. The highest BCUT2D eigenvalue weighted by molar-refractivity contribution is 5.96. The van der Waals surface area contributed by atoms with Gasteiger partial charge in [-0.05, 0) is 78.5 Å². The summed E-state index contributed by atoms with van der Waals surface area (Å²) in [6, 6.07) is 13.0. The third-order valence-electron chi connectivity index (χ3n) is 7.99. The van der Waals surface area contributed by atoms with Crippen molar-refractivity contribution in [3.05, 3.63) is 60.1 Å². The quantitative estimate of drug-likeness (QED) is 0.521. The first-order valence-electron chi connectivity index (χ1n) is 13.2. The zero-order valence-corrected chi connectivity index (χ0v) is 20.9. The van der Waals surface area contributed by atoms with Crippen LogP contribution in [-0.2, 0) is 4.79 Å². The summed E-state index contributed by atoms with van der Waals surface area (Å²) in [5.74, 6) is 1.62. The molecule has 1 aliphatic heterocycles. The number of nitriles is 1. The fourth-order valence-corrected chi connectivity index (χ4v) is 5.79. The van der Waals surface area contributed by atoms with Gasteiger partial charge in [-0.15, -0.1) is 0 Å². The average molecular weight is 494 g/mol. The molecule has 3 aromatic rings. The second-order valence-corrected chi connectivity index (χ2v) is 10.4. The number of rotatable bonds is 7. The van der Waals surface area contributed by atoms with Gasteiger partial charge in [0.2, 0.25) is 5.91 Å². The highest BCUT2D eigenvalue weighted by Gasteiger charge is 2.41. The molecule has 7 nitrogen and oxygen atoms in total. The van der Waals surface area contributed by atoms with Crippen LogP contribution < -0.4 is 4.90 Å². The summed E-state index contributed by atoms with van der Waals surface area (Å²) in [4.78, 5) is 26.0. The number of hydrogen-bond donors (Lipinski definition) is 1. The SMILES string of the molecule is C=Cc1ncc2c(-c3cc(C#N)c(N4CCN(C(=O)CCO)C(C5CC5)C4)cc3C3CC3)cccc2n1. The predicted octanol–water partition coefficient (Wildman–Crippen LogP) is 4.50. The van der Waals surface area contributed by atoms with Crippen LogP contribution in [0.4, 0.5) is 5.69 Å². The minimum Gasteiger partial charge on any atom is -0.396 e. The number of piperazine rings is 1. The molecule has 2 aliphatic carbocycles. The molecule has 0 spiro atoms. The minimum absolute atomic E-state index is 0.0337. The van der Waals surface area contributed by atoms with Crippen molar-refractivity contribution in [3.8, 4) is 17.2 Å². The van der Waals surface area contributed by atoms with Crippen LogP contribution in [0.2, 0.25) is 0 Å². The van der Waals surface area contributed by atoms with Gasteiger partial charge in [-0.2, -0.15) is 5.26 Å². The third-order valence-corrected chi connectivity index (χ3v) is 7.99. The molecule has 188 valence electrons. The molecule has 1 atom stereocenters. The standard InChI is InChI=1S/C30H31N5O2/c1-2-29-32-17-25-22(4-3-5-26(25)33-29)24-14-21(16-31)27(15-23(24)19-6-7-19)34-11-12-35(30(37)10-13-36)28(18-34)20-8-9-20/h2-5,14-15,17,19-20,28,36H,1,6-13,18H2. The number of amides is 1. The van der Waals surface area contributed by atoms with E-state index in [1.807, 2.05) is 23.2 Å². The number of aliphatic hydroxyl groups is 1. The molecule has 1 N–H and O–H groups in total. The van der Waals surface area contributed by atoms with Crippen LogP contribution in [-0.4, -0.2) is 58.2 Å². The summed E-state index contributed by atoms with van der Waals surface area (Å²) in [7, 11) is 0. The van der Waals surface area contributed by atoms with E-state index in [9.17, 15) is 15.2 Å². The van der Waals surface area contributed by atoms with Crippen molar-refractivity contribution in [1.82, 2.24) is 14.9 Å². The van der Waals surface area contributed by atoms with Crippen LogP contribution in [0, 0.1) is 17.2 Å². The molecule has 1 unspecified atom stereocenters. The fraction of sp³-hybridized carbons (Fsp3) is 0.400. The van der Waals surface area contributed by atoms with Crippen molar-refractivity contribution in [2.75, 3.05) is 31.1 Å². The molecule has 2 saturated carbocycles. The maximum atomic E-state index is 12.7. The van der Waals surface area contributed by atoms with E-state index in [0.717, 1.165) is 59.9 Å². The van der Waals surface area contributed by atoms with Gasteiger partial charge in [0.15, 0.2) is 5.82 Å². The van der Waals surface area contributed by atoms with E-state index in [1.165, 1.54) is 5.56 Å². The Kier molecular flexibility index (Phi) is 6.13. The molecular weight excluding hydrogens is 462 g/mol. The molecule has 2 aromatic carbocycles. The van der Waals surface area contributed by atoms with Crippen LogP contribution in [0.1, 0.15) is 55.0 Å². The van der Waals surface area contributed by atoms with E-state index in [1.54, 1.807) is 6.08 Å². The van der Waals surface area contributed by atoms with Gasteiger partial charge < -0.3 is 14.9 Å². The highest BCUT2D eigenvalue weighted by atomic mass is 16.3. The average Bonchev–Trinajstić information content (AvgIpc) is 3.85. The maximum absolute atomic E-state index is 12.7. The van der Waals surface area contributed by atoms with E-state index in [4.69, 9.17) is 0 Å². The molecule has 0 bridgehead atoms. The lowest BCUT2D eigenvalue weighted by molar-refractivity contribution is -0.135. The number of nitrogens with zero attached hydrogens (tertiary/aromatic N) is 5. The Morgan fingerprint density at radius 3 is 2.73 bits per heavy atom. The first-order chi connectivity index (χ1) is 18.1. The molecule has 3 aliphatic rings. The Hall–Kier alpha value is -3.76. The Balaban J connectivity index is 1.40. The second-order valence-electron chi connectivity index (χ2n) is 10.4. The number of aromatic nitrogens is 2. The van der Waals surface area contributed by atoms with Gasteiger partial charge >= 0.3 is 0 Å². The largest absolute Gasteiger partial charge is 0.396 e. The number of carbonyl (C=O) groups excluding carboxylic acids is 1. The number of carbonyl (C=O) groups is 1. The molecule has 6 rings (SSSR count). The zero-order valence-electron chi connectivity index (χ0n) is 20.9. The summed E-state index contributed by atoms with van der Waals surface area (Å²) < 4.78 is 0. The van der Waals surface area contributed by atoms with Crippen molar-refractivity contribution >= 4 is 28.6 Å². The smallest absolute Gasteiger partial charge is 0.225 e. The molecule has 1 aromatic heterocycles. The monoisotopic (exact) mass is 493 g/mol. The molecule has 2 heterocycles. The van der Waals surface area contributed by atoms with E-state index >= 15 is 0 Å². The van der Waals surface area contributed by atoms with E-state index in [2.05, 4.69) is 45.7 Å². The number of anilines is 1. The topological polar surface area (TPSA) is 93.4 Å². The summed E-state index contributed by atoms with van der Waals surface area (Å²) in [5.41, 5.74) is 5.90. The van der Waals surface area contributed by atoms with Gasteiger partial charge in [-0.3, -0.25) is 4.79 Å². The number of fused-ring (bicyclic) bond motifs is 1. The number of hydrogen-bond acceptors (Lipinski definition) is 6. The predicted molar refractivity (Wildman–Crippen MR) is 144 cm³/mol. The van der Waals surface area contributed by atoms with Gasteiger partial charge in [0.1, 0.15) is 6.07 Å². The maximum Gasteiger partial charge on any atom is 0.225 e. The van der Waals surface area contributed by atoms with Crippen molar-refractivity contribution < 1.29 is 9.90 Å². The lowest BCUT2D eigenvalue weighted by Gasteiger charge is -2.43. The molecule has 1 amide bonds. The van der Waals surface area contributed by atoms with Gasteiger partial charge in [0, 0.05) is 37.6 Å². The minimum atomic E-state index is -0.116. The summed E-state index contributed by atoms with van der Waals surface area (Å²) in [6.45, 7) is 5.71. The fourth-order valence-electron chi connectivity index (χ4n) is 5.79. The third kappa shape index (κ3) is 4.47. The first-order valence-corrected chi connectivity index (χ1v) is 13.2. The van der Waals surface area contributed by atoms with Crippen LogP contribution in [0.15, 0.2) is 43.1 Å². The Morgan fingerprint density at radius 1 is 1.19 bits per heavy atom. The van der Waals surface area contributed by atoms with Crippen LogP contribution in [0.5, 0.6) is 0 Å². The van der Waals surface area contributed by atoms with Gasteiger partial charge in [0.25, 0.3) is 0 Å². The van der Waals surface area contributed by atoms with Crippen LogP contribution in [0.3, 0.4) is 0 Å². The lowest BCUT2D eigenvalue weighted by Crippen LogP contribution is -2.56. The normalized spacial score (nSPS) is 19.6. The molecule has 37 heavy (non-hydrogen) atoms. The van der Waals surface area contributed by atoms with E-state index < -0.39 is 0 Å². The highest BCUT2D eigenvalue weighted by Crippen LogP contribution is 2.48. The Morgan fingerprint density at radius 2 is 2.03 bits per heavy atom. The van der Waals surface area contributed by atoms with E-state index in [-0.39, 0.29) is 25.0 Å². The van der Waals surface area contributed by atoms with Crippen molar-refractivity contribution in [2.45, 2.75) is 44.1 Å². The van der Waals surface area contributed by atoms with E-state index in [0.29, 0.717) is 36.3 Å². The Labute approximate surface area is 217 Å². The second kappa shape index (κ2) is 9.60. The number of aliphatic hydroxyl groups excluding tert-OH is 1. The van der Waals surface area contributed by atoms with Crippen molar-refractivity contribution in [2.24, 2.45) is 5.92 Å².